The summed E-state index contributed by atoms with van der Waals surface area (Å²) in [6.45, 7) is 4.31. The fraction of sp³-hybridized carbons (Fsp3) is 0.714. The van der Waals surface area contributed by atoms with Gasteiger partial charge in [-0.15, -0.1) is 0 Å². The molecule has 0 unspecified atom stereocenters. The van der Waals surface area contributed by atoms with Gasteiger partial charge in [-0.3, -0.25) is 0 Å². The molecule has 1 saturated carbocycles. The van der Waals surface area contributed by atoms with E-state index in [-0.39, 0.29) is 5.54 Å². The van der Waals surface area contributed by atoms with Crippen molar-refractivity contribution in [2.75, 3.05) is 29.5 Å². The van der Waals surface area contributed by atoms with E-state index in [1.165, 1.54) is 19.3 Å². The van der Waals surface area contributed by atoms with Crippen LogP contribution >= 0.6 is 0 Å². The van der Waals surface area contributed by atoms with Gasteiger partial charge in [-0.25, -0.2) is 4.98 Å². The van der Waals surface area contributed by atoms with E-state index in [0.717, 1.165) is 31.7 Å². The van der Waals surface area contributed by atoms with E-state index in [9.17, 15) is 0 Å². The fourth-order valence-electron chi connectivity index (χ4n) is 2.83. The molecule has 0 radical (unpaired) electrons. The Labute approximate surface area is 119 Å². The topological polar surface area (TPSA) is 87.9 Å². The zero-order valence-electron chi connectivity index (χ0n) is 12.1. The summed E-state index contributed by atoms with van der Waals surface area (Å²) in [6, 6.07) is 0.445. The van der Waals surface area contributed by atoms with Gasteiger partial charge in [0.05, 0.1) is 11.9 Å². The highest BCUT2D eigenvalue weighted by atomic mass is 15.2. The molecule has 2 fully saturated rings. The fourth-order valence-corrected chi connectivity index (χ4v) is 2.83. The summed E-state index contributed by atoms with van der Waals surface area (Å²) in [5, 5.41) is 10.2. The van der Waals surface area contributed by atoms with E-state index in [4.69, 9.17) is 5.73 Å². The van der Waals surface area contributed by atoms with E-state index < -0.39 is 0 Å². The van der Waals surface area contributed by atoms with E-state index in [0.29, 0.717) is 17.7 Å². The van der Waals surface area contributed by atoms with Gasteiger partial charge in [-0.05, 0) is 52.1 Å². The Morgan fingerprint density at radius 3 is 2.75 bits per heavy atom. The number of nitrogens with two attached hydrogens (primary N) is 1. The Kier molecular flexibility index (Phi) is 3.65. The SMILES string of the molecule is CC1(Nc2ncc(N)c(NC3CCNCC3)n2)CCC1. The van der Waals surface area contributed by atoms with Crippen molar-refractivity contribution in [1.82, 2.24) is 15.3 Å². The first-order valence-corrected chi connectivity index (χ1v) is 7.53. The molecule has 1 aliphatic heterocycles. The summed E-state index contributed by atoms with van der Waals surface area (Å²) in [5.74, 6) is 1.44. The van der Waals surface area contributed by atoms with Crippen LogP contribution in [0.2, 0.25) is 0 Å². The maximum Gasteiger partial charge on any atom is 0.225 e. The lowest BCUT2D eigenvalue weighted by Gasteiger charge is -2.39. The maximum absolute atomic E-state index is 5.99. The van der Waals surface area contributed by atoms with Crippen LogP contribution in [0.5, 0.6) is 0 Å². The van der Waals surface area contributed by atoms with Gasteiger partial charge in [-0.1, -0.05) is 0 Å². The minimum Gasteiger partial charge on any atom is -0.394 e. The van der Waals surface area contributed by atoms with E-state index >= 15 is 0 Å². The van der Waals surface area contributed by atoms with Crippen LogP contribution in [-0.4, -0.2) is 34.6 Å². The van der Waals surface area contributed by atoms with Crippen molar-refractivity contribution >= 4 is 17.5 Å². The quantitative estimate of drug-likeness (QED) is 0.668. The van der Waals surface area contributed by atoms with E-state index in [1.54, 1.807) is 6.20 Å². The van der Waals surface area contributed by atoms with Gasteiger partial charge in [0.15, 0.2) is 5.82 Å². The van der Waals surface area contributed by atoms with Gasteiger partial charge in [0.2, 0.25) is 5.95 Å². The number of aromatic nitrogens is 2. The van der Waals surface area contributed by atoms with E-state index in [2.05, 4.69) is 32.8 Å². The van der Waals surface area contributed by atoms with Gasteiger partial charge >= 0.3 is 0 Å². The molecule has 1 aliphatic carbocycles. The first-order chi connectivity index (χ1) is 9.65. The van der Waals surface area contributed by atoms with Gasteiger partial charge in [0, 0.05) is 11.6 Å². The Morgan fingerprint density at radius 2 is 2.10 bits per heavy atom. The van der Waals surface area contributed by atoms with Crippen molar-refractivity contribution in [3.8, 4) is 0 Å². The lowest BCUT2D eigenvalue weighted by molar-refractivity contribution is 0.305. The molecule has 6 nitrogen and oxygen atoms in total. The molecule has 3 rings (SSSR count). The molecule has 1 aromatic rings. The Morgan fingerprint density at radius 1 is 1.35 bits per heavy atom. The third-order valence-electron chi connectivity index (χ3n) is 4.37. The molecule has 0 bridgehead atoms. The second kappa shape index (κ2) is 5.44. The second-order valence-corrected chi connectivity index (χ2v) is 6.21. The van der Waals surface area contributed by atoms with Gasteiger partial charge in [0.25, 0.3) is 0 Å². The largest absolute Gasteiger partial charge is 0.394 e. The highest BCUT2D eigenvalue weighted by molar-refractivity contribution is 5.62. The molecular formula is C14H24N6. The monoisotopic (exact) mass is 276 g/mol. The van der Waals surface area contributed by atoms with Crippen LogP contribution in [0.15, 0.2) is 6.20 Å². The highest BCUT2D eigenvalue weighted by Gasteiger charge is 2.32. The van der Waals surface area contributed by atoms with Crippen LogP contribution in [-0.2, 0) is 0 Å². The third kappa shape index (κ3) is 2.95. The Bertz CT molecular complexity index is 465. The Balaban J connectivity index is 1.69. The number of nitrogen functional groups attached to an aromatic ring is 1. The Hall–Kier alpha value is -1.56. The van der Waals surface area contributed by atoms with Crippen molar-refractivity contribution < 1.29 is 0 Å². The summed E-state index contributed by atoms with van der Waals surface area (Å²) >= 11 is 0. The zero-order chi connectivity index (χ0) is 14.0. The highest BCUT2D eigenvalue weighted by Crippen LogP contribution is 2.34. The summed E-state index contributed by atoms with van der Waals surface area (Å²) in [7, 11) is 0. The normalized spacial score (nSPS) is 22.1. The van der Waals surface area contributed by atoms with Crippen molar-refractivity contribution in [3.05, 3.63) is 6.20 Å². The average molecular weight is 276 g/mol. The van der Waals surface area contributed by atoms with Gasteiger partial charge in [-0.2, -0.15) is 4.98 Å². The molecule has 2 aliphatic rings. The predicted molar refractivity (Wildman–Crippen MR) is 81.8 cm³/mol. The number of nitrogens with zero attached hydrogens (tertiary/aromatic N) is 2. The summed E-state index contributed by atoms with van der Waals surface area (Å²) in [5.41, 5.74) is 6.76. The number of rotatable bonds is 4. The van der Waals surface area contributed by atoms with Crippen LogP contribution in [0.3, 0.4) is 0 Å². The smallest absolute Gasteiger partial charge is 0.225 e. The van der Waals surface area contributed by atoms with Crippen molar-refractivity contribution in [1.29, 1.82) is 0 Å². The van der Waals surface area contributed by atoms with Crippen molar-refractivity contribution in [2.45, 2.75) is 50.6 Å². The molecular weight excluding hydrogens is 252 g/mol. The molecule has 20 heavy (non-hydrogen) atoms. The van der Waals surface area contributed by atoms with E-state index in [1.807, 2.05) is 0 Å². The molecule has 6 heteroatoms. The molecule has 0 aromatic carbocycles. The molecule has 0 spiro atoms. The average Bonchev–Trinajstić information content (AvgIpc) is 2.42. The second-order valence-electron chi connectivity index (χ2n) is 6.21. The molecule has 110 valence electrons. The number of anilines is 3. The molecule has 0 atom stereocenters. The number of hydrogen-bond acceptors (Lipinski definition) is 6. The lowest BCUT2D eigenvalue weighted by atomic mass is 9.79. The van der Waals surface area contributed by atoms with Crippen LogP contribution in [0.25, 0.3) is 0 Å². The molecule has 1 saturated heterocycles. The maximum atomic E-state index is 5.99. The van der Waals surface area contributed by atoms with Crippen LogP contribution in [0.4, 0.5) is 17.5 Å². The number of piperidine rings is 1. The molecule has 1 aromatic heterocycles. The first kappa shape index (κ1) is 13.4. The summed E-state index contributed by atoms with van der Waals surface area (Å²) < 4.78 is 0. The van der Waals surface area contributed by atoms with Gasteiger partial charge in [0.1, 0.15) is 0 Å². The number of nitrogens with one attached hydrogen (secondary N) is 3. The third-order valence-corrected chi connectivity index (χ3v) is 4.37. The standard InChI is InChI=1S/C14H24N6/c1-14(5-2-6-14)20-13-17-9-11(15)12(19-13)18-10-3-7-16-8-4-10/h9-10,16H,2-8,15H2,1H3,(H2,17,18,19,20). The summed E-state index contributed by atoms with van der Waals surface area (Å²) in [4.78, 5) is 8.85. The minimum absolute atomic E-state index is 0.155. The molecule has 2 heterocycles. The first-order valence-electron chi connectivity index (χ1n) is 7.53. The van der Waals surface area contributed by atoms with Crippen molar-refractivity contribution in [3.63, 3.8) is 0 Å². The molecule has 0 amide bonds. The zero-order valence-corrected chi connectivity index (χ0v) is 12.1. The van der Waals surface area contributed by atoms with Crippen LogP contribution in [0.1, 0.15) is 39.0 Å². The predicted octanol–water partition coefficient (Wildman–Crippen LogP) is 1.58. The van der Waals surface area contributed by atoms with Gasteiger partial charge < -0.3 is 21.7 Å². The molecule has 5 N–H and O–H groups in total. The number of hydrogen-bond donors (Lipinski definition) is 4. The van der Waals surface area contributed by atoms with Crippen LogP contribution in [0, 0.1) is 0 Å². The lowest BCUT2D eigenvalue weighted by Crippen LogP contribution is -2.42. The summed E-state index contributed by atoms with van der Waals surface area (Å²) in [6.07, 6.45) is 7.53. The van der Waals surface area contributed by atoms with Crippen molar-refractivity contribution in [2.24, 2.45) is 0 Å². The van der Waals surface area contributed by atoms with Crippen LogP contribution < -0.4 is 21.7 Å². The minimum atomic E-state index is 0.155.